The molecule has 4 nitrogen and oxygen atoms in total. The number of carbonyl (C=O) groups excluding carboxylic acids is 2. The minimum Gasteiger partial charge on any atom is -0.354 e. The molecule has 0 spiro atoms. The number of aryl methyl sites for hydroxylation is 1. The summed E-state index contributed by atoms with van der Waals surface area (Å²) in [5.41, 5.74) is 2.38. The Labute approximate surface area is 160 Å². The minimum absolute atomic E-state index is 0.0794. The monoisotopic (exact) mass is 370 g/mol. The number of benzene rings is 2. The predicted molar refractivity (Wildman–Crippen MR) is 105 cm³/mol. The molecule has 5 heteroatoms. The summed E-state index contributed by atoms with van der Waals surface area (Å²) in [5, 5.41) is 2.83. The number of amides is 2. The minimum atomic E-state index is -0.642. The molecule has 0 heterocycles. The quantitative estimate of drug-likeness (QED) is 0.772. The Kier molecular flexibility index (Phi) is 7.53. The Morgan fingerprint density at radius 2 is 1.78 bits per heavy atom. The van der Waals surface area contributed by atoms with Crippen molar-refractivity contribution in [3.05, 3.63) is 71.0 Å². The molecule has 0 fully saturated rings. The highest BCUT2D eigenvalue weighted by atomic mass is 19.1. The molecule has 2 aromatic rings. The topological polar surface area (TPSA) is 49.4 Å². The lowest BCUT2D eigenvalue weighted by molar-refractivity contribution is -0.140. The van der Waals surface area contributed by atoms with E-state index in [4.69, 9.17) is 0 Å². The van der Waals surface area contributed by atoms with Gasteiger partial charge >= 0.3 is 0 Å². The van der Waals surface area contributed by atoms with Crippen molar-refractivity contribution in [2.45, 2.75) is 46.2 Å². The molecule has 0 saturated heterocycles. The first-order chi connectivity index (χ1) is 12.9. The first-order valence-electron chi connectivity index (χ1n) is 9.28. The number of hydrogen-bond acceptors (Lipinski definition) is 2. The molecule has 2 rings (SSSR count). The van der Waals surface area contributed by atoms with Gasteiger partial charge in [-0.3, -0.25) is 9.59 Å². The van der Waals surface area contributed by atoms with E-state index in [1.54, 1.807) is 25.1 Å². The molecule has 1 atom stereocenters. The van der Waals surface area contributed by atoms with Gasteiger partial charge in [0, 0.05) is 13.1 Å². The molecular weight excluding hydrogens is 343 g/mol. The van der Waals surface area contributed by atoms with Crippen molar-refractivity contribution >= 4 is 11.8 Å². The van der Waals surface area contributed by atoms with E-state index in [2.05, 4.69) is 5.32 Å². The van der Waals surface area contributed by atoms with Gasteiger partial charge in [-0.2, -0.15) is 0 Å². The highest BCUT2D eigenvalue weighted by Crippen LogP contribution is 2.15. The van der Waals surface area contributed by atoms with Gasteiger partial charge < -0.3 is 10.2 Å². The number of nitrogens with zero attached hydrogens (tertiary/aromatic N) is 1. The molecule has 0 aliphatic carbocycles. The molecule has 144 valence electrons. The van der Waals surface area contributed by atoms with Crippen LogP contribution in [0.3, 0.4) is 0 Å². The summed E-state index contributed by atoms with van der Waals surface area (Å²) in [4.78, 5) is 26.9. The Balaban J connectivity index is 2.21. The van der Waals surface area contributed by atoms with Crippen LogP contribution in [-0.2, 0) is 22.6 Å². The van der Waals surface area contributed by atoms with E-state index >= 15 is 0 Å². The summed E-state index contributed by atoms with van der Waals surface area (Å²) in [5.74, 6) is -0.894. The number of nitrogens with one attached hydrogen (secondary N) is 1. The van der Waals surface area contributed by atoms with Gasteiger partial charge in [0.25, 0.3) is 0 Å². The van der Waals surface area contributed by atoms with E-state index in [1.807, 2.05) is 38.1 Å². The molecule has 0 bridgehead atoms. The second-order valence-electron chi connectivity index (χ2n) is 6.74. The third-order valence-corrected chi connectivity index (χ3v) is 4.49. The van der Waals surface area contributed by atoms with Crippen molar-refractivity contribution in [2.75, 3.05) is 6.54 Å². The molecule has 0 aromatic heterocycles. The van der Waals surface area contributed by atoms with Gasteiger partial charge in [-0.05, 0) is 37.5 Å². The van der Waals surface area contributed by atoms with Gasteiger partial charge in [-0.15, -0.1) is 0 Å². The van der Waals surface area contributed by atoms with E-state index in [-0.39, 0.29) is 18.2 Å². The third kappa shape index (κ3) is 5.91. The molecule has 0 saturated carbocycles. The number of halogens is 1. The summed E-state index contributed by atoms with van der Waals surface area (Å²) in [6.45, 7) is 6.53. The highest BCUT2D eigenvalue weighted by Gasteiger charge is 2.26. The SMILES string of the molecule is CCCNC(=O)C(C)N(Cc1ccc(C)cc1)C(=O)Cc1ccccc1F. The Bertz CT molecular complexity index is 774. The van der Waals surface area contributed by atoms with Crippen LogP contribution in [0.5, 0.6) is 0 Å². The molecule has 0 aliphatic heterocycles. The fourth-order valence-corrected chi connectivity index (χ4v) is 2.77. The van der Waals surface area contributed by atoms with Crippen molar-refractivity contribution < 1.29 is 14.0 Å². The molecular formula is C22H27FN2O2. The number of carbonyl (C=O) groups is 2. The van der Waals surface area contributed by atoms with Crippen LogP contribution >= 0.6 is 0 Å². The van der Waals surface area contributed by atoms with Crippen LogP contribution in [0.4, 0.5) is 4.39 Å². The van der Waals surface area contributed by atoms with E-state index in [0.717, 1.165) is 17.5 Å². The van der Waals surface area contributed by atoms with Crippen molar-refractivity contribution in [2.24, 2.45) is 0 Å². The van der Waals surface area contributed by atoms with Gasteiger partial charge in [0.2, 0.25) is 11.8 Å². The lowest BCUT2D eigenvalue weighted by Crippen LogP contribution is -2.48. The molecule has 0 radical (unpaired) electrons. The number of hydrogen-bond donors (Lipinski definition) is 1. The second kappa shape index (κ2) is 9.86. The summed E-state index contributed by atoms with van der Waals surface area (Å²) in [7, 11) is 0. The maximum absolute atomic E-state index is 14.0. The van der Waals surface area contributed by atoms with Crippen LogP contribution in [0.1, 0.15) is 37.0 Å². The van der Waals surface area contributed by atoms with Crippen LogP contribution in [0.25, 0.3) is 0 Å². The Morgan fingerprint density at radius 1 is 1.11 bits per heavy atom. The van der Waals surface area contributed by atoms with Crippen LogP contribution in [0, 0.1) is 12.7 Å². The average molecular weight is 370 g/mol. The fraction of sp³-hybridized carbons (Fsp3) is 0.364. The van der Waals surface area contributed by atoms with E-state index in [9.17, 15) is 14.0 Å². The van der Waals surface area contributed by atoms with Gasteiger partial charge in [0.15, 0.2) is 0 Å². The Morgan fingerprint density at radius 3 is 2.41 bits per heavy atom. The van der Waals surface area contributed by atoms with Crippen LogP contribution < -0.4 is 5.32 Å². The van der Waals surface area contributed by atoms with Crippen molar-refractivity contribution in [3.63, 3.8) is 0 Å². The van der Waals surface area contributed by atoms with Gasteiger partial charge in [0.1, 0.15) is 11.9 Å². The first-order valence-corrected chi connectivity index (χ1v) is 9.28. The van der Waals surface area contributed by atoms with Crippen LogP contribution in [0.15, 0.2) is 48.5 Å². The van der Waals surface area contributed by atoms with Crippen molar-refractivity contribution in [3.8, 4) is 0 Å². The molecule has 2 amide bonds. The summed E-state index contributed by atoms with van der Waals surface area (Å²) in [6.07, 6.45) is 0.740. The van der Waals surface area contributed by atoms with E-state index in [1.165, 1.54) is 11.0 Å². The highest BCUT2D eigenvalue weighted by molar-refractivity contribution is 5.88. The molecule has 1 unspecified atom stereocenters. The smallest absolute Gasteiger partial charge is 0.242 e. The molecule has 2 aromatic carbocycles. The van der Waals surface area contributed by atoms with E-state index in [0.29, 0.717) is 18.7 Å². The maximum atomic E-state index is 14.0. The van der Waals surface area contributed by atoms with Crippen molar-refractivity contribution in [1.82, 2.24) is 10.2 Å². The average Bonchev–Trinajstić information content (AvgIpc) is 2.66. The zero-order chi connectivity index (χ0) is 19.8. The van der Waals surface area contributed by atoms with Gasteiger partial charge in [-0.25, -0.2) is 4.39 Å². The lowest BCUT2D eigenvalue weighted by Gasteiger charge is -2.29. The lowest BCUT2D eigenvalue weighted by atomic mass is 10.1. The van der Waals surface area contributed by atoms with Gasteiger partial charge in [-0.1, -0.05) is 55.0 Å². The standard InChI is InChI=1S/C22H27FN2O2/c1-4-13-24-22(27)17(3)25(15-18-11-9-16(2)10-12-18)21(26)14-19-7-5-6-8-20(19)23/h5-12,17H,4,13-15H2,1-3H3,(H,24,27). The summed E-state index contributed by atoms with van der Waals surface area (Å²) < 4.78 is 14.0. The van der Waals surface area contributed by atoms with E-state index < -0.39 is 11.9 Å². The summed E-state index contributed by atoms with van der Waals surface area (Å²) in [6, 6.07) is 13.4. The van der Waals surface area contributed by atoms with Crippen molar-refractivity contribution in [1.29, 1.82) is 0 Å². The molecule has 1 N–H and O–H groups in total. The summed E-state index contributed by atoms with van der Waals surface area (Å²) >= 11 is 0. The molecule has 0 aliphatic rings. The largest absolute Gasteiger partial charge is 0.354 e. The normalized spacial score (nSPS) is 11.7. The zero-order valence-electron chi connectivity index (χ0n) is 16.2. The maximum Gasteiger partial charge on any atom is 0.242 e. The second-order valence-corrected chi connectivity index (χ2v) is 6.74. The predicted octanol–water partition coefficient (Wildman–Crippen LogP) is 3.62. The fourth-order valence-electron chi connectivity index (χ4n) is 2.77. The third-order valence-electron chi connectivity index (χ3n) is 4.49. The number of rotatable bonds is 8. The van der Waals surface area contributed by atoms with Crippen LogP contribution in [-0.4, -0.2) is 29.3 Å². The zero-order valence-corrected chi connectivity index (χ0v) is 16.2. The van der Waals surface area contributed by atoms with Crippen LogP contribution in [0.2, 0.25) is 0 Å². The first kappa shape index (κ1) is 20.6. The Hall–Kier alpha value is -2.69. The van der Waals surface area contributed by atoms with Gasteiger partial charge in [0.05, 0.1) is 6.42 Å². The molecule has 27 heavy (non-hydrogen) atoms.